The second-order valence-corrected chi connectivity index (χ2v) is 6.33. The van der Waals surface area contributed by atoms with E-state index in [1.54, 1.807) is 0 Å². The van der Waals surface area contributed by atoms with Crippen LogP contribution in [-0.4, -0.2) is 48.8 Å². The van der Waals surface area contributed by atoms with Crippen LogP contribution in [0.5, 0.6) is 0 Å². The number of aliphatic carboxylic acids is 1. The van der Waals surface area contributed by atoms with E-state index in [0.29, 0.717) is 19.6 Å². The monoisotopic (exact) mass is 335 g/mol. The number of hydrogen-bond acceptors (Lipinski definition) is 3. The minimum Gasteiger partial charge on any atom is -0.481 e. The Morgan fingerprint density at radius 3 is 2.29 bits per heavy atom. The van der Waals surface area contributed by atoms with E-state index in [-0.39, 0.29) is 5.92 Å². The lowest BCUT2D eigenvalue weighted by Crippen LogP contribution is -2.42. The summed E-state index contributed by atoms with van der Waals surface area (Å²) in [6, 6.07) is 9.60. The average Bonchev–Trinajstić information content (AvgIpc) is 2.60. The maximum atomic E-state index is 12.1. The van der Waals surface area contributed by atoms with Crippen LogP contribution in [0.3, 0.4) is 0 Å². The van der Waals surface area contributed by atoms with E-state index >= 15 is 0 Å². The summed E-state index contributed by atoms with van der Waals surface area (Å²) in [6.07, 6.45) is 1.32. The van der Waals surface area contributed by atoms with Crippen LogP contribution in [0.15, 0.2) is 30.3 Å². The Hall–Kier alpha value is -1.39. The highest BCUT2D eigenvalue weighted by molar-refractivity contribution is 5.81. The van der Waals surface area contributed by atoms with Crippen molar-refractivity contribution in [1.29, 1.82) is 0 Å². The Morgan fingerprint density at radius 2 is 1.79 bits per heavy atom. The van der Waals surface area contributed by atoms with Crippen molar-refractivity contribution in [3.63, 3.8) is 0 Å². The largest absolute Gasteiger partial charge is 0.481 e. The number of nitrogens with zero attached hydrogens (tertiary/aromatic N) is 1. The third-order valence-electron chi connectivity index (χ3n) is 5.21. The van der Waals surface area contributed by atoms with Crippen LogP contribution >= 0.6 is 0 Å². The Morgan fingerprint density at radius 1 is 1.17 bits per heavy atom. The number of ether oxygens (including phenoxy) is 1. The van der Waals surface area contributed by atoms with Gasteiger partial charge in [-0.15, -0.1) is 0 Å². The summed E-state index contributed by atoms with van der Waals surface area (Å²) in [6.45, 7) is 12.6. The average molecular weight is 335 g/mol. The molecule has 1 rings (SSSR count). The summed E-state index contributed by atoms with van der Waals surface area (Å²) < 4.78 is 5.76. The van der Waals surface area contributed by atoms with Crippen molar-refractivity contribution in [2.45, 2.75) is 46.0 Å². The molecule has 4 heteroatoms. The fourth-order valence-electron chi connectivity index (χ4n) is 3.40. The SMILES string of the molecule is CCN(CC)CCOCCC(C)C(CC)(C(=O)O)c1ccccc1. The third kappa shape index (κ3) is 5.05. The second-order valence-electron chi connectivity index (χ2n) is 6.33. The van der Waals surface area contributed by atoms with Crippen LogP contribution in [0.2, 0.25) is 0 Å². The Kier molecular flexibility index (Phi) is 9.01. The zero-order chi connectivity index (χ0) is 18.0. The second kappa shape index (κ2) is 10.5. The van der Waals surface area contributed by atoms with E-state index in [1.807, 2.05) is 44.2 Å². The minimum absolute atomic E-state index is 0.0100. The normalized spacial score (nSPS) is 15.2. The molecule has 2 unspecified atom stereocenters. The van der Waals surface area contributed by atoms with Crippen LogP contribution in [0.1, 0.15) is 46.1 Å². The summed E-state index contributed by atoms with van der Waals surface area (Å²) in [4.78, 5) is 14.4. The van der Waals surface area contributed by atoms with Crippen molar-refractivity contribution in [3.8, 4) is 0 Å². The number of benzene rings is 1. The standard InChI is InChI=1S/C20H33NO3/c1-5-20(19(22)23,18-11-9-8-10-12-18)17(4)13-15-24-16-14-21(6-2)7-3/h8-12,17H,5-7,13-16H2,1-4H3,(H,22,23). The van der Waals surface area contributed by atoms with Crippen molar-refractivity contribution in [3.05, 3.63) is 35.9 Å². The molecule has 0 aromatic heterocycles. The van der Waals surface area contributed by atoms with Gasteiger partial charge in [-0.3, -0.25) is 4.79 Å². The van der Waals surface area contributed by atoms with E-state index in [0.717, 1.165) is 31.6 Å². The number of hydrogen-bond donors (Lipinski definition) is 1. The molecule has 0 saturated carbocycles. The fraction of sp³-hybridized carbons (Fsp3) is 0.650. The van der Waals surface area contributed by atoms with Gasteiger partial charge in [0.25, 0.3) is 0 Å². The smallest absolute Gasteiger partial charge is 0.314 e. The van der Waals surface area contributed by atoms with Gasteiger partial charge in [-0.25, -0.2) is 0 Å². The Balaban J connectivity index is 2.64. The molecule has 0 amide bonds. The number of carboxylic acids is 1. The maximum absolute atomic E-state index is 12.1. The van der Waals surface area contributed by atoms with Gasteiger partial charge in [0, 0.05) is 13.2 Å². The van der Waals surface area contributed by atoms with Gasteiger partial charge in [0.2, 0.25) is 0 Å². The third-order valence-corrected chi connectivity index (χ3v) is 5.21. The highest BCUT2D eigenvalue weighted by Gasteiger charge is 2.43. The maximum Gasteiger partial charge on any atom is 0.314 e. The van der Waals surface area contributed by atoms with Gasteiger partial charge in [-0.2, -0.15) is 0 Å². The van der Waals surface area contributed by atoms with Gasteiger partial charge in [-0.05, 0) is 37.4 Å². The molecule has 24 heavy (non-hydrogen) atoms. The van der Waals surface area contributed by atoms with Gasteiger partial charge in [-0.1, -0.05) is 58.0 Å². The van der Waals surface area contributed by atoms with Crippen molar-refractivity contribution in [2.75, 3.05) is 32.8 Å². The first kappa shape index (κ1) is 20.7. The summed E-state index contributed by atoms with van der Waals surface area (Å²) in [5, 5.41) is 9.94. The van der Waals surface area contributed by atoms with E-state index in [4.69, 9.17) is 4.74 Å². The highest BCUT2D eigenvalue weighted by Crippen LogP contribution is 2.38. The zero-order valence-electron chi connectivity index (χ0n) is 15.6. The van der Waals surface area contributed by atoms with Crippen molar-refractivity contribution in [2.24, 2.45) is 5.92 Å². The van der Waals surface area contributed by atoms with Gasteiger partial charge in [0.15, 0.2) is 0 Å². The van der Waals surface area contributed by atoms with E-state index in [2.05, 4.69) is 18.7 Å². The lowest BCUT2D eigenvalue weighted by molar-refractivity contribution is -0.146. The number of carboxylic acid groups (broad SMARTS) is 1. The molecule has 136 valence electrons. The highest BCUT2D eigenvalue weighted by atomic mass is 16.5. The molecular formula is C20H33NO3. The molecule has 2 atom stereocenters. The van der Waals surface area contributed by atoms with Crippen LogP contribution in [-0.2, 0) is 14.9 Å². The Labute approximate surface area is 146 Å². The van der Waals surface area contributed by atoms with E-state index < -0.39 is 11.4 Å². The molecule has 0 radical (unpaired) electrons. The van der Waals surface area contributed by atoms with Crippen LogP contribution in [0.25, 0.3) is 0 Å². The first-order chi connectivity index (χ1) is 11.5. The minimum atomic E-state index is -0.844. The van der Waals surface area contributed by atoms with Crippen molar-refractivity contribution in [1.82, 2.24) is 4.90 Å². The summed E-state index contributed by atoms with van der Waals surface area (Å²) in [5.41, 5.74) is 0.0411. The molecule has 0 bridgehead atoms. The molecule has 0 aliphatic carbocycles. The van der Waals surface area contributed by atoms with Crippen LogP contribution in [0.4, 0.5) is 0 Å². The molecule has 0 aliphatic rings. The van der Waals surface area contributed by atoms with E-state index in [9.17, 15) is 9.90 Å². The molecule has 0 spiro atoms. The predicted octanol–water partition coefficient (Wildman–Crippen LogP) is 3.80. The van der Waals surface area contributed by atoms with Crippen molar-refractivity contribution >= 4 is 5.97 Å². The van der Waals surface area contributed by atoms with Gasteiger partial charge in [0.1, 0.15) is 0 Å². The van der Waals surface area contributed by atoms with Gasteiger partial charge in [0.05, 0.1) is 12.0 Å². The number of rotatable bonds is 12. The molecule has 1 aromatic carbocycles. The molecule has 0 fully saturated rings. The van der Waals surface area contributed by atoms with Gasteiger partial charge >= 0.3 is 5.97 Å². The first-order valence-electron chi connectivity index (χ1n) is 9.11. The molecule has 0 saturated heterocycles. The molecule has 4 nitrogen and oxygen atoms in total. The quantitative estimate of drug-likeness (QED) is 0.590. The fourth-order valence-corrected chi connectivity index (χ4v) is 3.40. The molecule has 1 aromatic rings. The molecule has 0 heterocycles. The molecule has 1 N–H and O–H groups in total. The van der Waals surface area contributed by atoms with Crippen molar-refractivity contribution < 1.29 is 14.6 Å². The molecular weight excluding hydrogens is 302 g/mol. The van der Waals surface area contributed by atoms with E-state index in [1.165, 1.54) is 0 Å². The van der Waals surface area contributed by atoms with Crippen LogP contribution in [0, 0.1) is 5.92 Å². The summed E-state index contributed by atoms with van der Waals surface area (Å²) >= 11 is 0. The number of carbonyl (C=O) groups is 1. The lowest BCUT2D eigenvalue weighted by atomic mass is 9.68. The van der Waals surface area contributed by atoms with Gasteiger partial charge < -0.3 is 14.7 Å². The topological polar surface area (TPSA) is 49.8 Å². The summed E-state index contributed by atoms with van der Waals surface area (Å²) in [7, 11) is 0. The zero-order valence-corrected chi connectivity index (χ0v) is 15.6. The number of likely N-dealkylation sites (N-methyl/N-ethyl adjacent to an activating group) is 1. The lowest BCUT2D eigenvalue weighted by Gasteiger charge is -2.35. The Bertz CT molecular complexity index is 473. The van der Waals surface area contributed by atoms with Crippen LogP contribution < -0.4 is 0 Å². The molecule has 0 aliphatic heterocycles. The summed E-state index contributed by atoms with van der Waals surface area (Å²) in [5.74, 6) is -0.734. The first-order valence-corrected chi connectivity index (χ1v) is 9.11. The predicted molar refractivity (Wildman–Crippen MR) is 98.4 cm³/mol.